The van der Waals surface area contributed by atoms with Gasteiger partial charge in [0.1, 0.15) is 5.82 Å². The van der Waals surface area contributed by atoms with Crippen LogP contribution in [0.3, 0.4) is 0 Å². The molecule has 0 amide bonds. The summed E-state index contributed by atoms with van der Waals surface area (Å²) in [7, 11) is 0. The molecule has 1 aromatic heterocycles. The monoisotopic (exact) mass is 293 g/mol. The van der Waals surface area contributed by atoms with Gasteiger partial charge in [-0.2, -0.15) is 10.4 Å². The number of aryl methyl sites for hydroxylation is 1. The summed E-state index contributed by atoms with van der Waals surface area (Å²) in [5.41, 5.74) is 10.2. The zero-order valence-electron chi connectivity index (χ0n) is 12.9. The molecule has 5 nitrogen and oxygen atoms in total. The number of nitrogens with two attached hydrogens (primary N) is 1. The first-order valence-corrected chi connectivity index (χ1v) is 7.23. The summed E-state index contributed by atoms with van der Waals surface area (Å²) < 4.78 is 0. The number of aromatic nitrogens is 2. The van der Waals surface area contributed by atoms with Gasteiger partial charge < -0.3 is 11.1 Å². The molecule has 0 aliphatic carbocycles. The summed E-state index contributed by atoms with van der Waals surface area (Å²) >= 11 is 0. The van der Waals surface area contributed by atoms with Crippen molar-refractivity contribution in [2.75, 3.05) is 5.32 Å². The molecule has 3 rings (SSSR count). The molecule has 112 valence electrons. The molecule has 4 N–H and O–H groups in total. The van der Waals surface area contributed by atoms with Crippen molar-refractivity contribution in [3.63, 3.8) is 0 Å². The molecule has 5 heteroatoms. The quantitative estimate of drug-likeness (QED) is 0.794. The first-order valence-electron chi connectivity index (χ1n) is 7.23. The first kappa shape index (κ1) is 14.4. The largest absolute Gasteiger partial charge is 0.341 e. The SMILES string of the molecule is Cc1ccccc1C1C(C#N)=C(C(C)(C)N)Nc2[nH]ncc21. The van der Waals surface area contributed by atoms with Crippen LogP contribution < -0.4 is 11.1 Å². The first-order chi connectivity index (χ1) is 10.4. The average Bonchev–Trinajstić information content (AvgIpc) is 2.93. The van der Waals surface area contributed by atoms with Crippen molar-refractivity contribution in [1.29, 1.82) is 5.26 Å². The van der Waals surface area contributed by atoms with Crippen molar-refractivity contribution >= 4 is 5.82 Å². The van der Waals surface area contributed by atoms with Crippen LogP contribution in [0.25, 0.3) is 0 Å². The minimum Gasteiger partial charge on any atom is -0.341 e. The smallest absolute Gasteiger partial charge is 0.129 e. The van der Waals surface area contributed by atoms with E-state index in [0.29, 0.717) is 5.57 Å². The van der Waals surface area contributed by atoms with Gasteiger partial charge in [-0.1, -0.05) is 24.3 Å². The van der Waals surface area contributed by atoms with Crippen molar-refractivity contribution in [3.05, 3.63) is 58.4 Å². The van der Waals surface area contributed by atoms with E-state index >= 15 is 0 Å². The summed E-state index contributed by atoms with van der Waals surface area (Å²) in [5.74, 6) is 0.653. The van der Waals surface area contributed by atoms with Gasteiger partial charge >= 0.3 is 0 Å². The number of aromatic amines is 1. The fourth-order valence-corrected chi connectivity index (χ4v) is 2.97. The number of allylic oxidation sites excluding steroid dienone is 1. The molecular formula is C17H19N5. The predicted octanol–water partition coefficient (Wildman–Crippen LogP) is 2.79. The topological polar surface area (TPSA) is 90.5 Å². The normalized spacial score (nSPS) is 17.7. The number of anilines is 1. The maximum atomic E-state index is 9.78. The van der Waals surface area contributed by atoms with E-state index in [1.165, 1.54) is 0 Å². The van der Waals surface area contributed by atoms with Crippen molar-refractivity contribution < 1.29 is 0 Å². The molecule has 1 unspecified atom stereocenters. The highest BCUT2D eigenvalue weighted by atomic mass is 15.2. The highest BCUT2D eigenvalue weighted by Gasteiger charge is 2.35. The van der Waals surface area contributed by atoms with Crippen molar-refractivity contribution in [2.24, 2.45) is 5.73 Å². The Balaban J connectivity index is 2.28. The maximum Gasteiger partial charge on any atom is 0.129 e. The maximum absolute atomic E-state index is 9.78. The molecule has 0 saturated heterocycles. The standard InChI is InChI=1S/C17H19N5/c1-10-6-4-5-7-11(10)14-12(8-18)15(17(2,3)19)21-16-13(14)9-20-22-16/h4-7,9,14H,19H2,1-3H3,(H2,20,21,22). The number of rotatable bonds is 2. The third kappa shape index (κ3) is 2.18. The van der Waals surface area contributed by atoms with Crippen molar-refractivity contribution in [3.8, 4) is 6.07 Å². The number of nitriles is 1. The lowest BCUT2D eigenvalue weighted by atomic mass is 9.78. The van der Waals surface area contributed by atoms with Crippen LogP contribution in [-0.4, -0.2) is 15.7 Å². The molecule has 2 aromatic rings. The zero-order valence-corrected chi connectivity index (χ0v) is 12.9. The van der Waals surface area contributed by atoms with E-state index in [-0.39, 0.29) is 5.92 Å². The molecule has 1 aliphatic heterocycles. The van der Waals surface area contributed by atoms with E-state index < -0.39 is 5.54 Å². The number of hydrogen-bond acceptors (Lipinski definition) is 4. The molecule has 0 bridgehead atoms. The number of fused-ring (bicyclic) bond motifs is 1. The number of hydrogen-bond donors (Lipinski definition) is 3. The van der Waals surface area contributed by atoms with Gasteiger partial charge in [0.2, 0.25) is 0 Å². The summed E-state index contributed by atoms with van der Waals surface area (Å²) in [6.45, 7) is 5.84. The van der Waals surface area contributed by atoms with E-state index in [1.807, 2.05) is 26.0 Å². The number of nitrogens with zero attached hydrogens (tertiary/aromatic N) is 2. The molecule has 1 atom stereocenters. The van der Waals surface area contributed by atoms with E-state index in [0.717, 1.165) is 28.2 Å². The van der Waals surface area contributed by atoms with Gasteiger partial charge in [-0.3, -0.25) is 5.10 Å². The molecule has 0 spiro atoms. The second kappa shape index (κ2) is 5.00. The highest BCUT2D eigenvalue weighted by molar-refractivity contribution is 5.66. The molecule has 0 fully saturated rings. The summed E-state index contributed by atoms with van der Waals surface area (Å²) in [4.78, 5) is 0. The van der Waals surface area contributed by atoms with Crippen molar-refractivity contribution in [2.45, 2.75) is 32.2 Å². The molecule has 0 radical (unpaired) electrons. The summed E-state index contributed by atoms with van der Waals surface area (Å²) in [6.07, 6.45) is 1.77. The van der Waals surface area contributed by atoms with E-state index in [9.17, 15) is 5.26 Å². The van der Waals surface area contributed by atoms with Gasteiger partial charge in [0.25, 0.3) is 0 Å². The minimum absolute atomic E-state index is 0.154. The van der Waals surface area contributed by atoms with Crippen LogP contribution in [0.4, 0.5) is 5.82 Å². The lowest BCUT2D eigenvalue weighted by molar-refractivity contribution is 0.601. The molecule has 22 heavy (non-hydrogen) atoms. The Bertz CT molecular complexity index is 786. The summed E-state index contributed by atoms with van der Waals surface area (Å²) in [6, 6.07) is 10.5. The van der Waals surface area contributed by atoms with Gasteiger partial charge in [0.15, 0.2) is 0 Å². The van der Waals surface area contributed by atoms with Crippen LogP contribution in [0.15, 0.2) is 41.7 Å². The molecule has 2 heterocycles. The van der Waals surface area contributed by atoms with Gasteiger partial charge in [-0.25, -0.2) is 0 Å². The highest BCUT2D eigenvalue weighted by Crippen LogP contribution is 2.43. The van der Waals surface area contributed by atoms with Crippen LogP contribution >= 0.6 is 0 Å². The number of benzene rings is 1. The second-order valence-electron chi connectivity index (χ2n) is 6.24. The van der Waals surface area contributed by atoms with E-state index in [1.54, 1.807) is 6.20 Å². The Labute approximate surface area is 129 Å². The van der Waals surface area contributed by atoms with E-state index in [2.05, 4.69) is 40.6 Å². The Morgan fingerprint density at radius 3 is 2.64 bits per heavy atom. The Hall–Kier alpha value is -2.58. The molecule has 1 aliphatic rings. The Morgan fingerprint density at radius 1 is 1.27 bits per heavy atom. The lowest BCUT2D eigenvalue weighted by Gasteiger charge is -2.33. The Kier molecular flexibility index (Phi) is 3.27. The number of H-pyrrole nitrogens is 1. The number of nitrogens with one attached hydrogen (secondary N) is 2. The van der Waals surface area contributed by atoms with Crippen LogP contribution in [0.1, 0.15) is 36.5 Å². The fourth-order valence-electron chi connectivity index (χ4n) is 2.97. The van der Waals surface area contributed by atoms with Crippen LogP contribution in [0.2, 0.25) is 0 Å². The molecular weight excluding hydrogens is 274 g/mol. The zero-order chi connectivity index (χ0) is 15.9. The second-order valence-corrected chi connectivity index (χ2v) is 6.24. The van der Waals surface area contributed by atoms with Crippen molar-refractivity contribution in [1.82, 2.24) is 10.2 Å². The predicted molar refractivity (Wildman–Crippen MR) is 86.1 cm³/mol. The third-order valence-electron chi connectivity index (χ3n) is 4.05. The summed E-state index contributed by atoms with van der Waals surface area (Å²) in [5, 5.41) is 20.1. The van der Waals surface area contributed by atoms with Gasteiger partial charge in [-0.15, -0.1) is 0 Å². The minimum atomic E-state index is -0.644. The fraction of sp³-hybridized carbons (Fsp3) is 0.294. The third-order valence-corrected chi connectivity index (χ3v) is 4.05. The van der Waals surface area contributed by atoms with Gasteiger partial charge in [0.05, 0.1) is 35.0 Å². The average molecular weight is 293 g/mol. The van der Waals surface area contributed by atoms with Gasteiger partial charge in [-0.05, 0) is 31.9 Å². The van der Waals surface area contributed by atoms with E-state index in [4.69, 9.17) is 5.73 Å². The lowest BCUT2D eigenvalue weighted by Crippen LogP contribution is -2.40. The van der Waals surface area contributed by atoms with Gasteiger partial charge in [0, 0.05) is 5.56 Å². The molecule has 1 aromatic carbocycles. The van der Waals surface area contributed by atoms with Crippen LogP contribution in [0, 0.1) is 18.3 Å². The Morgan fingerprint density at radius 2 is 2.00 bits per heavy atom. The molecule has 0 saturated carbocycles. The van der Waals surface area contributed by atoms with Crippen LogP contribution in [0.5, 0.6) is 0 Å². The van der Waals surface area contributed by atoms with Crippen LogP contribution in [-0.2, 0) is 0 Å².